The van der Waals surface area contributed by atoms with Gasteiger partial charge in [0.2, 0.25) is 0 Å². The van der Waals surface area contributed by atoms with Gasteiger partial charge in [-0.3, -0.25) is 0 Å². The summed E-state index contributed by atoms with van der Waals surface area (Å²) < 4.78 is 5.29. The molecule has 6 nitrogen and oxygen atoms in total. The molecule has 6 heteroatoms. The molecule has 0 fully saturated rings. The van der Waals surface area contributed by atoms with E-state index in [1.807, 2.05) is 6.92 Å². The normalized spacial score (nSPS) is 21.7. The average Bonchev–Trinajstić information content (AvgIpc) is 2.83. The molecule has 0 saturated carbocycles. The summed E-state index contributed by atoms with van der Waals surface area (Å²) >= 11 is 0. The quantitative estimate of drug-likeness (QED) is 0.486. The topological polar surface area (TPSA) is 78.7 Å². The number of esters is 1. The molecule has 2 aliphatic rings. The lowest BCUT2D eigenvalue weighted by Crippen LogP contribution is -2.12. The molecule has 0 spiro atoms. The summed E-state index contributed by atoms with van der Waals surface area (Å²) in [6, 6.07) is 2.07. The number of nitrogens with zero attached hydrogens (tertiary/aromatic N) is 1. The van der Waals surface area contributed by atoms with E-state index in [9.17, 15) is 14.9 Å². The van der Waals surface area contributed by atoms with Gasteiger partial charge in [-0.1, -0.05) is 19.9 Å². The third-order valence-corrected chi connectivity index (χ3v) is 4.21. The molecule has 1 heterocycles. The van der Waals surface area contributed by atoms with Crippen LogP contribution in [0.3, 0.4) is 0 Å². The van der Waals surface area contributed by atoms with E-state index >= 15 is 0 Å². The highest BCUT2D eigenvalue weighted by molar-refractivity contribution is 5.97. The maximum Gasteiger partial charge on any atom is 0.339 e. The van der Waals surface area contributed by atoms with E-state index in [1.54, 1.807) is 0 Å². The van der Waals surface area contributed by atoms with E-state index in [-0.39, 0.29) is 18.0 Å². The van der Waals surface area contributed by atoms with Crippen LogP contribution in [0.2, 0.25) is 0 Å². The number of fused-ring (bicyclic) bond motifs is 3. The van der Waals surface area contributed by atoms with E-state index in [0.717, 1.165) is 29.5 Å². The minimum atomic E-state index is -0.863. The van der Waals surface area contributed by atoms with Gasteiger partial charge in [-0.25, -0.2) is 4.79 Å². The van der Waals surface area contributed by atoms with Crippen LogP contribution in [0.5, 0.6) is 0 Å². The van der Waals surface area contributed by atoms with Gasteiger partial charge in [0, 0.05) is 5.56 Å². The van der Waals surface area contributed by atoms with Crippen LogP contribution in [-0.2, 0) is 22.4 Å². The minimum absolute atomic E-state index is 0.125. The number of aryl methyl sites for hydroxylation is 1. The van der Waals surface area contributed by atoms with Crippen molar-refractivity contribution >= 4 is 5.97 Å². The zero-order valence-corrected chi connectivity index (χ0v) is 12.3. The third kappa shape index (κ3) is 2.24. The molecule has 1 atom stereocenters. The fourth-order valence-corrected chi connectivity index (χ4v) is 3.50. The lowest BCUT2D eigenvalue weighted by atomic mass is 9.89. The van der Waals surface area contributed by atoms with Crippen molar-refractivity contribution in [3.05, 3.63) is 44.0 Å². The number of carbonyl (C=O) groups is 1. The van der Waals surface area contributed by atoms with Crippen LogP contribution in [0.15, 0.2) is 6.07 Å². The molecule has 0 radical (unpaired) electrons. The first-order valence-corrected chi connectivity index (χ1v) is 6.92. The lowest BCUT2D eigenvalue weighted by molar-refractivity contribution is -0.759. The highest BCUT2D eigenvalue weighted by atomic mass is 17.0. The van der Waals surface area contributed by atoms with E-state index in [0.29, 0.717) is 5.56 Å². The van der Waals surface area contributed by atoms with Gasteiger partial charge < -0.3 is 9.57 Å². The third-order valence-electron chi connectivity index (χ3n) is 4.21. The molecule has 1 aromatic carbocycles. The Morgan fingerprint density at radius 3 is 2.86 bits per heavy atom. The van der Waals surface area contributed by atoms with Gasteiger partial charge in [-0.2, -0.15) is 0 Å². The largest absolute Gasteiger partial charge is 0.452 e. The molecule has 1 aromatic rings. The fraction of sp³-hybridized carbons (Fsp3) is 0.533. The molecule has 0 unspecified atom stereocenters. The highest BCUT2D eigenvalue weighted by Crippen LogP contribution is 2.44. The van der Waals surface area contributed by atoms with Crippen molar-refractivity contribution in [1.29, 1.82) is 0 Å². The van der Waals surface area contributed by atoms with Gasteiger partial charge >= 0.3 is 5.97 Å². The first-order valence-electron chi connectivity index (χ1n) is 6.92. The van der Waals surface area contributed by atoms with Crippen LogP contribution in [0.25, 0.3) is 0 Å². The van der Waals surface area contributed by atoms with Gasteiger partial charge in [0.1, 0.15) is 6.61 Å². The van der Waals surface area contributed by atoms with Crippen molar-refractivity contribution < 1.29 is 19.5 Å². The zero-order chi connectivity index (χ0) is 15.4. The predicted octanol–water partition coefficient (Wildman–Crippen LogP) is 2.54. The maximum absolute atomic E-state index is 12.2. The molecule has 0 saturated heterocycles. The number of cyclic esters (lactones) is 1. The Balaban J connectivity index is 2.04. The lowest BCUT2D eigenvalue weighted by Gasteiger charge is -2.14. The summed E-state index contributed by atoms with van der Waals surface area (Å²) in [5.74, 6) is -0.389. The Bertz CT molecular complexity index is 650. The molecule has 0 amide bonds. The van der Waals surface area contributed by atoms with Crippen LogP contribution in [0, 0.1) is 22.5 Å². The molecule has 1 aliphatic carbocycles. The van der Waals surface area contributed by atoms with Gasteiger partial charge in [0.25, 0.3) is 5.09 Å². The standard InChI is InChI=1S/C15H17NO5/c1-8-4-9-5-15(2,3)6-10(9)13-12(8)11(21-14(13)17)7-20-16(18)19/h4,11H,5-7H2,1-3H3/t11-/m1/s1. The second kappa shape index (κ2) is 4.44. The van der Waals surface area contributed by atoms with E-state index in [1.165, 1.54) is 5.56 Å². The van der Waals surface area contributed by atoms with Crippen LogP contribution in [-0.4, -0.2) is 17.7 Å². The summed E-state index contributed by atoms with van der Waals surface area (Å²) in [7, 11) is 0. The van der Waals surface area contributed by atoms with Gasteiger partial charge in [-0.05, 0) is 41.9 Å². The molecule has 3 rings (SSSR count). The number of ether oxygens (including phenoxy) is 1. The Morgan fingerprint density at radius 2 is 2.19 bits per heavy atom. The van der Waals surface area contributed by atoms with Gasteiger partial charge in [-0.15, -0.1) is 10.1 Å². The van der Waals surface area contributed by atoms with Gasteiger partial charge in [0.15, 0.2) is 6.10 Å². The van der Waals surface area contributed by atoms with Crippen LogP contribution in [0.1, 0.15) is 52.6 Å². The number of hydrogen-bond acceptors (Lipinski definition) is 5. The van der Waals surface area contributed by atoms with Crippen molar-refractivity contribution in [3.8, 4) is 0 Å². The van der Waals surface area contributed by atoms with Crippen molar-refractivity contribution in [1.82, 2.24) is 0 Å². The van der Waals surface area contributed by atoms with Crippen molar-refractivity contribution in [2.24, 2.45) is 5.41 Å². The van der Waals surface area contributed by atoms with Gasteiger partial charge in [0.05, 0.1) is 5.56 Å². The number of rotatable bonds is 3. The summed E-state index contributed by atoms with van der Waals surface area (Å²) in [4.78, 5) is 26.9. The molecule has 0 N–H and O–H groups in total. The molecule has 0 bridgehead atoms. The second-order valence-electron chi connectivity index (χ2n) is 6.55. The van der Waals surface area contributed by atoms with E-state index in [2.05, 4.69) is 24.8 Å². The fourth-order valence-electron chi connectivity index (χ4n) is 3.50. The predicted molar refractivity (Wildman–Crippen MR) is 73.5 cm³/mol. The smallest absolute Gasteiger partial charge is 0.339 e. The number of carbonyl (C=O) groups excluding carboxylic acids is 1. The number of hydrogen-bond donors (Lipinski definition) is 0. The summed E-state index contributed by atoms with van der Waals surface area (Å²) in [6.45, 7) is 5.99. The summed E-state index contributed by atoms with van der Waals surface area (Å²) in [5.41, 5.74) is 4.63. The summed E-state index contributed by atoms with van der Waals surface area (Å²) in [6.07, 6.45) is 1.06. The SMILES string of the molecule is Cc1cc2c(c3c1[C@@H](CO[N+](=O)[O-])OC3=O)CC(C)(C)C2. The Hall–Kier alpha value is -2.11. The Morgan fingerprint density at radius 1 is 1.48 bits per heavy atom. The number of benzene rings is 1. The van der Waals surface area contributed by atoms with Crippen molar-refractivity contribution in [2.45, 2.75) is 39.7 Å². The minimum Gasteiger partial charge on any atom is -0.452 e. The molecule has 1 aliphatic heterocycles. The zero-order valence-electron chi connectivity index (χ0n) is 12.3. The summed E-state index contributed by atoms with van der Waals surface area (Å²) in [5, 5.41) is 9.49. The van der Waals surface area contributed by atoms with Crippen molar-refractivity contribution in [3.63, 3.8) is 0 Å². The molecule has 112 valence electrons. The van der Waals surface area contributed by atoms with Crippen LogP contribution < -0.4 is 0 Å². The first-order chi connectivity index (χ1) is 9.78. The molecule has 0 aromatic heterocycles. The first kappa shape index (κ1) is 13.9. The van der Waals surface area contributed by atoms with Crippen LogP contribution >= 0.6 is 0 Å². The maximum atomic E-state index is 12.2. The van der Waals surface area contributed by atoms with E-state index < -0.39 is 11.2 Å². The van der Waals surface area contributed by atoms with Crippen LogP contribution in [0.4, 0.5) is 0 Å². The average molecular weight is 291 g/mol. The molecule has 21 heavy (non-hydrogen) atoms. The Kier molecular flexibility index (Phi) is 2.93. The molecular formula is C15H17NO5. The highest BCUT2D eigenvalue weighted by Gasteiger charge is 2.40. The van der Waals surface area contributed by atoms with Crippen molar-refractivity contribution in [2.75, 3.05) is 6.61 Å². The Labute approximate surface area is 122 Å². The molecular weight excluding hydrogens is 274 g/mol. The van der Waals surface area contributed by atoms with E-state index in [4.69, 9.17) is 4.74 Å². The second-order valence-corrected chi connectivity index (χ2v) is 6.55. The monoisotopic (exact) mass is 291 g/mol.